The zero-order chi connectivity index (χ0) is 47.7. The molecule has 0 fully saturated rings. The summed E-state index contributed by atoms with van der Waals surface area (Å²) in [5.74, 6) is 1.66. The number of fused-ring (bicyclic) bond motifs is 21. The molecule has 0 radical (unpaired) electrons. The summed E-state index contributed by atoms with van der Waals surface area (Å²) in [6.45, 7) is 4.74. The van der Waals surface area contributed by atoms with Gasteiger partial charge in [-0.25, -0.2) is 0 Å². The molecule has 1 aliphatic carbocycles. The van der Waals surface area contributed by atoms with Crippen LogP contribution in [0.15, 0.2) is 237 Å². The molecule has 0 spiro atoms. The van der Waals surface area contributed by atoms with E-state index < -0.39 is 0 Å². The number of benzene rings is 11. The fourth-order valence-corrected chi connectivity index (χ4v) is 13.5. The Morgan fingerprint density at radius 3 is 1.51 bits per heavy atom. The van der Waals surface area contributed by atoms with E-state index in [1.807, 2.05) is 11.3 Å². The van der Waals surface area contributed by atoms with Crippen molar-refractivity contribution < 1.29 is 4.74 Å². The smallest absolute Gasteiger partial charge is 0.159 e. The second-order valence-electron chi connectivity index (χ2n) is 19.9. The SMILES string of the molecule is CC1(C)c2ccccc2-c2ccc(N(c3ccc4c5ccccc5c5ccccc5c5ccccc5c5cc6sc7ccccc7c6cc5c4c3)c3cccc4c3Oc3ccccc3-c3ccccc3-4)cc21. The minimum Gasteiger partial charge on any atom is -0.454 e. The molecule has 0 saturated carbocycles. The van der Waals surface area contributed by atoms with Crippen molar-refractivity contribution in [3.05, 3.63) is 248 Å². The Balaban J connectivity index is 1.11. The van der Waals surface area contributed by atoms with Crippen LogP contribution in [0, 0.1) is 0 Å². The minimum absolute atomic E-state index is 0.209. The Morgan fingerprint density at radius 2 is 0.806 bits per heavy atom. The molecule has 12 aromatic carbocycles. The van der Waals surface area contributed by atoms with Gasteiger partial charge in [0.25, 0.3) is 0 Å². The lowest BCUT2D eigenvalue weighted by molar-refractivity contribution is 0.489. The zero-order valence-electron chi connectivity index (χ0n) is 39.8. The molecule has 72 heavy (non-hydrogen) atoms. The van der Waals surface area contributed by atoms with E-state index in [1.54, 1.807) is 0 Å². The molecule has 0 saturated heterocycles. The largest absolute Gasteiger partial charge is 0.454 e. The topological polar surface area (TPSA) is 12.5 Å². The second kappa shape index (κ2) is 15.6. The third kappa shape index (κ3) is 6.01. The maximum absolute atomic E-state index is 7.32. The average Bonchev–Trinajstić information content (AvgIpc) is 3.85. The molecule has 0 atom stereocenters. The highest BCUT2D eigenvalue weighted by molar-refractivity contribution is 7.25. The maximum atomic E-state index is 7.32. The quantitative estimate of drug-likeness (QED) is 0.175. The molecule has 13 aromatic rings. The van der Waals surface area contributed by atoms with Crippen LogP contribution < -0.4 is 9.64 Å². The van der Waals surface area contributed by atoms with Gasteiger partial charge in [-0.3, -0.25) is 0 Å². The highest BCUT2D eigenvalue weighted by Crippen LogP contribution is 2.55. The standard InChI is InChI=1S/C69H45NOS/c1-69(2)62-30-14-11-26-53(62)54-37-35-43(39-63(54)69)70(64-31-17-29-57-50-24-9-8-23-49(50)55-27-12-15-32-65(55)71-68(57)64)42-34-36-52-48-22-6-5-20-46(48)44-18-3-4-19-45(44)47-21-7-10-25-51(47)60-41-67-61(40-59(60)58(52)38-42)56-28-13-16-33-66(56)72-67/h3-41H,1-2H3. The van der Waals surface area contributed by atoms with Crippen LogP contribution in [-0.4, -0.2) is 0 Å². The van der Waals surface area contributed by atoms with Gasteiger partial charge in [0, 0.05) is 48.1 Å². The summed E-state index contributed by atoms with van der Waals surface area (Å²) in [7, 11) is 0. The number of nitrogens with zero attached hydrogens (tertiary/aromatic N) is 1. The second-order valence-corrected chi connectivity index (χ2v) is 21.0. The molecule has 1 aromatic heterocycles. The fourth-order valence-electron chi connectivity index (χ4n) is 12.3. The highest BCUT2D eigenvalue weighted by atomic mass is 32.1. The number of rotatable bonds is 3. The molecule has 0 unspecified atom stereocenters. The lowest BCUT2D eigenvalue weighted by Crippen LogP contribution is -2.17. The molecule has 0 N–H and O–H groups in total. The Kier molecular flexibility index (Phi) is 8.91. The Morgan fingerprint density at radius 1 is 0.319 bits per heavy atom. The van der Waals surface area contributed by atoms with Crippen LogP contribution in [0.25, 0.3) is 107 Å². The van der Waals surface area contributed by atoms with Crippen molar-refractivity contribution >= 4 is 102 Å². The number of anilines is 3. The summed E-state index contributed by atoms with van der Waals surface area (Å²) in [5, 5.41) is 14.6. The lowest BCUT2D eigenvalue weighted by Gasteiger charge is -2.30. The van der Waals surface area contributed by atoms with Crippen LogP contribution in [0.4, 0.5) is 17.1 Å². The number of ether oxygens (including phenoxy) is 1. The van der Waals surface area contributed by atoms with E-state index >= 15 is 0 Å². The van der Waals surface area contributed by atoms with Gasteiger partial charge in [-0.05, 0) is 142 Å². The van der Waals surface area contributed by atoms with E-state index in [0.29, 0.717) is 0 Å². The van der Waals surface area contributed by atoms with Crippen LogP contribution in [-0.2, 0) is 5.41 Å². The first-order chi connectivity index (χ1) is 35.5. The summed E-state index contributed by atoms with van der Waals surface area (Å²) in [5.41, 5.74) is 12.5. The van der Waals surface area contributed by atoms with Crippen molar-refractivity contribution in [3.8, 4) is 44.9 Å². The van der Waals surface area contributed by atoms with Crippen molar-refractivity contribution in [3.63, 3.8) is 0 Å². The van der Waals surface area contributed by atoms with Gasteiger partial charge in [-0.2, -0.15) is 0 Å². The van der Waals surface area contributed by atoms with Gasteiger partial charge >= 0.3 is 0 Å². The minimum atomic E-state index is -0.209. The molecule has 338 valence electrons. The number of thiophene rings is 1. The van der Waals surface area contributed by atoms with Gasteiger partial charge in [-0.1, -0.05) is 196 Å². The first kappa shape index (κ1) is 41.1. The normalized spacial score (nSPS) is 13.1. The van der Waals surface area contributed by atoms with E-state index in [0.717, 1.165) is 50.8 Å². The van der Waals surface area contributed by atoms with Gasteiger partial charge in [0.15, 0.2) is 5.75 Å². The molecule has 0 amide bonds. The third-order valence-corrected chi connectivity index (χ3v) is 16.8. The summed E-state index contributed by atoms with van der Waals surface area (Å²) in [4.78, 5) is 2.46. The summed E-state index contributed by atoms with van der Waals surface area (Å²) < 4.78 is 9.89. The predicted octanol–water partition coefficient (Wildman–Crippen LogP) is 20.2. The van der Waals surface area contributed by atoms with Crippen LogP contribution in [0.2, 0.25) is 0 Å². The van der Waals surface area contributed by atoms with Crippen LogP contribution in [0.1, 0.15) is 25.0 Å². The zero-order valence-corrected chi connectivity index (χ0v) is 40.6. The van der Waals surface area contributed by atoms with Gasteiger partial charge in [0.1, 0.15) is 5.75 Å². The van der Waals surface area contributed by atoms with Gasteiger partial charge in [-0.15, -0.1) is 11.3 Å². The van der Waals surface area contributed by atoms with Crippen molar-refractivity contribution in [1.82, 2.24) is 0 Å². The molecule has 2 aliphatic rings. The van der Waals surface area contributed by atoms with Crippen molar-refractivity contribution in [2.24, 2.45) is 0 Å². The first-order valence-electron chi connectivity index (χ1n) is 24.9. The molecule has 3 heteroatoms. The van der Waals surface area contributed by atoms with Crippen LogP contribution in [0.3, 0.4) is 0 Å². The number of hydrogen-bond acceptors (Lipinski definition) is 3. The number of hydrogen-bond donors (Lipinski definition) is 0. The third-order valence-electron chi connectivity index (χ3n) is 15.7. The van der Waals surface area contributed by atoms with E-state index in [9.17, 15) is 0 Å². The molecule has 2 nitrogen and oxygen atoms in total. The van der Waals surface area contributed by atoms with Crippen LogP contribution in [0.5, 0.6) is 11.5 Å². The molecule has 2 heterocycles. The Hall–Kier alpha value is -8.76. The van der Waals surface area contributed by atoms with E-state index in [4.69, 9.17) is 4.74 Å². The van der Waals surface area contributed by atoms with E-state index in [1.165, 1.54) is 96.3 Å². The van der Waals surface area contributed by atoms with E-state index in [-0.39, 0.29) is 5.41 Å². The van der Waals surface area contributed by atoms with Gasteiger partial charge in [0.05, 0.1) is 5.69 Å². The van der Waals surface area contributed by atoms with Gasteiger partial charge in [0.2, 0.25) is 0 Å². The lowest BCUT2D eigenvalue weighted by atomic mass is 9.82. The van der Waals surface area contributed by atoms with Gasteiger partial charge < -0.3 is 9.64 Å². The van der Waals surface area contributed by atoms with Crippen molar-refractivity contribution in [2.45, 2.75) is 19.3 Å². The summed E-state index contributed by atoms with van der Waals surface area (Å²) in [6.07, 6.45) is 0. The number of para-hydroxylation sites is 2. The van der Waals surface area contributed by atoms with Crippen LogP contribution >= 0.6 is 11.3 Å². The molecular weight excluding hydrogens is 891 g/mol. The Labute approximate surface area is 421 Å². The first-order valence-corrected chi connectivity index (χ1v) is 25.7. The highest BCUT2D eigenvalue weighted by Gasteiger charge is 2.36. The molecule has 15 rings (SSSR count). The monoisotopic (exact) mass is 935 g/mol. The van der Waals surface area contributed by atoms with E-state index in [2.05, 4.69) is 255 Å². The summed E-state index contributed by atoms with van der Waals surface area (Å²) in [6, 6.07) is 87.8. The average molecular weight is 936 g/mol. The predicted molar refractivity (Wildman–Crippen MR) is 308 cm³/mol. The molecule has 0 bridgehead atoms. The fraction of sp³-hybridized carbons (Fsp3) is 0.0435. The molecule has 1 aliphatic heterocycles. The molecular formula is C69H45NOS. The maximum Gasteiger partial charge on any atom is 0.159 e. The summed E-state index contributed by atoms with van der Waals surface area (Å²) >= 11 is 1.88. The van der Waals surface area contributed by atoms with Crippen molar-refractivity contribution in [1.29, 1.82) is 0 Å². The Bertz CT molecular complexity index is 4540. The van der Waals surface area contributed by atoms with Crippen molar-refractivity contribution in [2.75, 3.05) is 4.90 Å².